The van der Waals surface area contributed by atoms with Crippen molar-refractivity contribution in [3.63, 3.8) is 0 Å². The molecule has 0 saturated carbocycles. The topological polar surface area (TPSA) is 65.7 Å². The first-order valence-electron chi connectivity index (χ1n) is 11.2. The van der Waals surface area contributed by atoms with Crippen LogP contribution in [0.5, 0.6) is 17.2 Å². The van der Waals surface area contributed by atoms with E-state index >= 15 is 0 Å². The van der Waals surface area contributed by atoms with E-state index in [4.69, 9.17) is 13.9 Å². The van der Waals surface area contributed by atoms with Crippen LogP contribution in [0.3, 0.4) is 0 Å². The fraction of sp³-hybridized carbons (Fsp3) is 0.241. The van der Waals surface area contributed by atoms with Gasteiger partial charge in [0, 0.05) is 6.07 Å². The molecule has 0 fully saturated rings. The van der Waals surface area contributed by atoms with Crippen LogP contribution in [0, 0.1) is 20.8 Å². The summed E-state index contributed by atoms with van der Waals surface area (Å²) in [6.45, 7) is 12.2. The van der Waals surface area contributed by atoms with Crippen molar-refractivity contribution in [2.45, 2.75) is 47.0 Å². The van der Waals surface area contributed by atoms with Gasteiger partial charge in [-0.3, -0.25) is 4.79 Å². The minimum atomic E-state index is -0.449. The van der Waals surface area contributed by atoms with Gasteiger partial charge in [0.2, 0.25) is 11.2 Å². The van der Waals surface area contributed by atoms with Gasteiger partial charge in [0.1, 0.15) is 23.3 Å². The van der Waals surface area contributed by atoms with Crippen molar-refractivity contribution in [1.82, 2.24) is 0 Å². The molecule has 174 valence electrons. The van der Waals surface area contributed by atoms with E-state index in [0.29, 0.717) is 28.0 Å². The molecular weight excluding hydrogens is 428 g/mol. The molecule has 0 unspecified atom stereocenters. The van der Waals surface area contributed by atoms with Crippen LogP contribution in [-0.4, -0.2) is 5.97 Å². The first kappa shape index (κ1) is 23.3. The molecule has 0 aliphatic heterocycles. The largest absolute Gasteiger partial charge is 0.460 e. The lowest BCUT2D eigenvalue weighted by Crippen LogP contribution is -2.13. The summed E-state index contributed by atoms with van der Waals surface area (Å²) in [5, 5.41) is 0.339. The second-order valence-electron chi connectivity index (χ2n) is 9.63. The lowest BCUT2D eigenvalue weighted by Gasteiger charge is -2.19. The number of carbonyl (C=O) groups is 1. The first-order valence-corrected chi connectivity index (χ1v) is 11.2. The molecular formula is C29H28O5. The maximum atomic E-state index is 12.9. The molecule has 4 aromatic rings. The van der Waals surface area contributed by atoms with E-state index in [9.17, 15) is 9.59 Å². The maximum Gasteiger partial charge on any atom is 0.344 e. The zero-order valence-corrected chi connectivity index (χ0v) is 20.3. The summed E-state index contributed by atoms with van der Waals surface area (Å²) in [4.78, 5) is 25.7. The van der Waals surface area contributed by atoms with Crippen LogP contribution in [0.2, 0.25) is 0 Å². The van der Waals surface area contributed by atoms with Gasteiger partial charge in [-0.25, -0.2) is 4.79 Å². The van der Waals surface area contributed by atoms with Gasteiger partial charge < -0.3 is 13.9 Å². The van der Waals surface area contributed by atoms with Crippen LogP contribution in [-0.2, 0) is 5.41 Å². The Bertz CT molecular complexity index is 1410. The van der Waals surface area contributed by atoms with E-state index in [-0.39, 0.29) is 16.6 Å². The Morgan fingerprint density at radius 2 is 1.47 bits per heavy atom. The Balaban J connectivity index is 1.57. The molecule has 5 heteroatoms. The molecule has 3 aromatic carbocycles. The Hall–Kier alpha value is -3.86. The van der Waals surface area contributed by atoms with Gasteiger partial charge in [0.25, 0.3) is 0 Å². The minimum absolute atomic E-state index is 0.0263. The second kappa shape index (κ2) is 8.82. The smallest absolute Gasteiger partial charge is 0.344 e. The molecule has 0 saturated heterocycles. The molecule has 0 amide bonds. The van der Waals surface area contributed by atoms with Gasteiger partial charge in [0.05, 0.1) is 10.9 Å². The number of esters is 1. The fourth-order valence-corrected chi connectivity index (χ4v) is 4.03. The number of rotatable bonds is 4. The van der Waals surface area contributed by atoms with Crippen LogP contribution in [0.1, 0.15) is 53.4 Å². The van der Waals surface area contributed by atoms with E-state index in [1.807, 2.05) is 57.2 Å². The third-order valence-electron chi connectivity index (χ3n) is 5.75. The van der Waals surface area contributed by atoms with Gasteiger partial charge in [-0.05, 0) is 67.1 Å². The zero-order valence-electron chi connectivity index (χ0n) is 20.3. The van der Waals surface area contributed by atoms with Crippen molar-refractivity contribution in [2.75, 3.05) is 0 Å². The highest BCUT2D eigenvalue weighted by Gasteiger charge is 2.17. The molecule has 1 aromatic heterocycles. The monoisotopic (exact) mass is 456 g/mol. The molecule has 1 heterocycles. The summed E-state index contributed by atoms with van der Waals surface area (Å²) >= 11 is 0. The van der Waals surface area contributed by atoms with E-state index in [1.165, 1.54) is 17.9 Å². The first-order chi connectivity index (χ1) is 16.0. The maximum absolute atomic E-state index is 12.9. The van der Waals surface area contributed by atoms with Crippen LogP contribution in [0.15, 0.2) is 70.1 Å². The molecule has 0 bridgehead atoms. The number of aryl methyl sites for hydroxylation is 3. The Labute approximate surface area is 199 Å². The number of hydrogen-bond donors (Lipinski definition) is 0. The summed E-state index contributed by atoms with van der Waals surface area (Å²) in [6.07, 6.45) is 1.28. The summed E-state index contributed by atoms with van der Waals surface area (Å²) < 4.78 is 17.0. The van der Waals surface area contributed by atoms with Crippen molar-refractivity contribution in [3.8, 4) is 17.2 Å². The average molecular weight is 457 g/mol. The summed E-state index contributed by atoms with van der Waals surface area (Å²) in [7, 11) is 0. The van der Waals surface area contributed by atoms with Gasteiger partial charge in [0.15, 0.2) is 0 Å². The number of benzene rings is 3. The predicted octanol–water partition coefficient (Wildman–Crippen LogP) is 7.03. The standard InChI is InChI=1S/C29H28O5/c1-17-13-18(2)26(19(3)14-17)28(31)34-22-11-12-23-24(15-22)32-16-25(27(23)30)33-21-9-7-20(8-10-21)29(4,5)6/h7-16H,1-6H3. The second-order valence-corrected chi connectivity index (χ2v) is 9.63. The van der Waals surface area contributed by atoms with Crippen molar-refractivity contribution in [2.24, 2.45) is 0 Å². The Morgan fingerprint density at radius 3 is 2.09 bits per heavy atom. The van der Waals surface area contributed by atoms with E-state index in [2.05, 4.69) is 20.8 Å². The summed E-state index contributed by atoms with van der Waals surface area (Å²) in [5.41, 5.74) is 4.53. The molecule has 5 nitrogen and oxygen atoms in total. The Morgan fingerprint density at radius 1 is 0.853 bits per heavy atom. The lowest BCUT2D eigenvalue weighted by atomic mass is 9.87. The van der Waals surface area contributed by atoms with Crippen LogP contribution >= 0.6 is 0 Å². The zero-order chi connectivity index (χ0) is 24.6. The van der Waals surface area contributed by atoms with Crippen LogP contribution in [0.4, 0.5) is 0 Å². The number of ether oxygens (including phenoxy) is 2. The molecule has 0 aliphatic carbocycles. The molecule has 0 radical (unpaired) electrons. The number of carbonyl (C=O) groups excluding carboxylic acids is 1. The molecule has 0 aliphatic rings. The van der Waals surface area contributed by atoms with Crippen LogP contribution < -0.4 is 14.9 Å². The molecule has 34 heavy (non-hydrogen) atoms. The van der Waals surface area contributed by atoms with Crippen LogP contribution in [0.25, 0.3) is 11.0 Å². The lowest BCUT2D eigenvalue weighted by molar-refractivity contribution is 0.0733. The van der Waals surface area contributed by atoms with Gasteiger partial charge in [-0.2, -0.15) is 0 Å². The van der Waals surface area contributed by atoms with Gasteiger partial charge in [-0.15, -0.1) is 0 Å². The quantitative estimate of drug-likeness (QED) is 0.244. The highest BCUT2D eigenvalue weighted by Crippen LogP contribution is 2.28. The average Bonchev–Trinajstić information content (AvgIpc) is 2.75. The predicted molar refractivity (Wildman–Crippen MR) is 133 cm³/mol. The van der Waals surface area contributed by atoms with Gasteiger partial charge >= 0.3 is 5.97 Å². The van der Waals surface area contributed by atoms with Crippen molar-refractivity contribution in [3.05, 3.63) is 98.9 Å². The van der Waals surface area contributed by atoms with E-state index in [1.54, 1.807) is 12.1 Å². The molecule has 4 rings (SSSR count). The summed E-state index contributed by atoms with van der Waals surface area (Å²) in [6, 6.07) is 16.2. The van der Waals surface area contributed by atoms with E-state index < -0.39 is 5.97 Å². The van der Waals surface area contributed by atoms with Crippen molar-refractivity contribution < 1.29 is 18.7 Å². The number of hydrogen-bond acceptors (Lipinski definition) is 5. The molecule has 0 spiro atoms. The van der Waals surface area contributed by atoms with Gasteiger partial charge in [-0.1, -0.05) is 50.6 Å². The highest BCUT2D eigenvalue weighted by atomic mass is 16.5. The fourth-order valence-electron chi connectivity index (χ4n) is 4.03. The Kier molecular flexibility index (Phi) is 6.05. The van der Waals surface area contributed by atoms with E-state index in [0.717, 1.165) is 16.7 Å². The van der Waals surface area contributed by atoms with Crippen molar-refractivity contribution >= 4 is 16.9 Å². The third kappa shape index (κ3) is 4.74. The number of fused-ring (bicyclic) bond motifs is 1. The highest BCUT2D eigenvalue weighted by molar-refractivity contribution is 5.94. The summed E-state index contributed by atoms with van der Waals surface area (Å²) in [5.74, 6) is 0.488. The third-order valence-corrected chi connectivity index (χ3v) is 5.75. The van der Waals surface area contributed by atoms with Crippen molar-refractivity contribution in [1.29, 1.82) is 0 Å². The normalized spacial score (nSPS) is 11.5. The minimum Gasteiger partial charge on any atom is -0.460 e. The molecule has 0 atom stereocenters. The molecule has 0 N–H and O–H groups in total. The SMILES string of the molecule is Cc1cc(C)c(C(=O)Oc2ccc3c(=O)c(Oc4ccc(C(C)(C)C)cc4)coc3c2)c(C)c1.